The molecule has 5 rings (SSSR count). The van der Waals surface area contributed by atoms with Crippen molar-refractivity contribution in [2.75, 3.05) is 22.1 Å². The third-order valence-corrected chi connectivity index (χ3v) is 7.38. The zero-order valence-electron chi connectivity index (χ0n) is 20.5. The summed E-state index contributed by atoms with van der Waals surface area (Å²) in [7, 11) is 0. The Hall–Kier alpha value is -3.58. The molecule has 0 atom stereocenters. The predicted octanol–water partition coefficient (Wildman–Crippen LogP) is 6.75. The zero-order chi connectivity index (χ0) is 25.8. The number of carbonyl (C=O) groups is 2. The molecule has 0 saturated heterocycles. The summed E-state index contributed by atoms with van der Waals surface area (Å²) in [6.07, 6.45) is 6.32. The van der Waals surface area contributed by atoms with Crippen molar-refractivity contribution >= 4 is 40.6 Å². The number of urea groups is 1. The number of fused-ring (bicyclic) bond motifs is 1. The van der Waals surface area contributed by atoms with Crippen molar-refractivity contribution < 1.29 is 14.0 Å². The average Bonchev–Trinajstić information content (AvgIpc) is 2.91. The SMILES string of the molecule is O=C(Nc1ccc(F)c(Cl)c1)Nc1ccc(N2CCc3ccccc3C2)c(C(=O)NC2CCCCC2)c1. The van der Waals surface area contributed by atoms with E-state index >= 15 is 0 Å². The van der Waals surface area contributed by atoms with Gasteiger partial charge in [0.15, 0.2) is 0 Å². The van der Waals surface area contributed by atoms with Gasteiger partial charge in [0.05, 0.1) is 10.6 Å². The largest absolute Gasteiger partial charge is 0.366 e. The van der Waals surface area contributed by atoms with Crippen LogP contribution < -0.4 is 20.9 Å². The van der Waals surface area contributed by atoms with Crippen molar-refractivity contribution in [3.63, 3.8) is 0 Å². The third-order valence-electron chi connectivity index (χ3n) is 7.09. The Balaban J connectivity index is 1.37. The lowest BCUT2D eigenvalue weighted by Crippen LogP contribution is -2.38. The summed E-state index contributed by atoms with van der Waals surface area (Å²) in [5.74, 6) is -0.688. The van der Waals surface area contributed by atoms with Crippen LogP contribution in [0.25, 0.3) is 0 Å². The minimum absolute atomic E-state index is 0.0769. The van der Waals surface area contributed by atoms with Gasteiger partial charge in [-0.3, -0.25) is 4.79 Å². The molecule has 37 heavy (non-hydrogen) atoms. The second-order valence-electron chi connectivity index (χ2n) is 9.69. The molecular weight excluding hydrogens is 491 g/mol. The van der Waals surface area contributed by atoms with E-state index in [1.807, 2.05) is 12.1 Å². The molecule has 3 aromatic rings. The highest BCUT2D eigenvalue weighted by Crippen LogP contribution is 2.30. The minimum Gasteiger partial charge on any atom is -0.366 e. The highest BCUT2D eigenvalue weighted by atomic mass is 35.5. The van der Waals surface area contributed by atoms with Gasteiger partial charge in [0.2, 0.25) is 0 Å². The number of rotatable bonds is 5. The zero-order valence-corrected chi connectivity index (χ0v) is 21.3. The molecule has 0 unspecified atom stereocenters. The van der Waals surface area contributed by atoms with E-state index in [-0.39, 0.29) is 17.0 Å². The Labute approximate surface area is 221 Å². The molecule has 3 aromatic carbocycles. The van der Waals surface area contributed by atoms with Gasteiger partial charge in [-0.15, -0.1) is 0 Å². The lowest BCUT2D eigenvalue weighted by Gasteiger charge is -2.32. The average molecular weight is 521 g/mol. The van der Waals surface area contributed by atoms with Gasteiger partial charge in [-0.1, -0.05) is 55.1 Å². The van der Waals surface area contributed by atoms with Gasteiger partial charge in [-0.25, -0.2) is 9.18 Å². The topological polar surface area (TPSA) is 73.5 Å². The van der Waals surface area contributed by atoms with Crippen molar-refractivity contribution in [1.29, 1.82) is 0 Å². The summed E-state index contributed by atoms with van der Waals surface area (Å²) in [4.78, 5) is 28.4. The molecule has 8 heteroatoms. The standard InChI is InChI=1S/C29H30ClFN4O2/c30-25-17-23(10-12-26(25)31)34-29(37)33-22-11-13-27(35-15-14-19-6-4-5-7-20(19)18-35)24(16-22)28(36)32-21-8-2-1-3-9-21/h4-7,10-13,16-17,21H,1-3,8-9,14-15,18H2,(H,32,36)(H2,33,34,37). The van der Waals surface area contributed by atoms with Crippen LogP contribution in [-0.4, -0.2) is 24.5 Å². The molecule has 1 aliphatic heterocycles. The minimum atomic E-state index is -0.558. The Kier molecular flexibility index (Phi) is 7.60. The smallest absolute Gasteiger partial charge is 0.323 e. The third kappa shape index (κ3) is 6.05. The summed E-state index contributed by atoms with van der Waals surface area (Å²) in [6.45, 7) is 1.53. The Morgan fingerprint density at radius 1 is 0.892 bits per heavy atom. The molecule has 1 aliphatic carbocycles. The number of hydrogen-bond donors (Lipinski definition) is 3. The van der Waals surface area contributed by atoms with Gasteiger partial charge in [-0.05, 0) is 66.8 Å². The van der Waals surface area contributed by atoms with E-state index in [1.54, 1.807) is 12.1 Å². The Bertz CT molecular complexity index is 1310. The fraction of sp³-hybridized carbons (Fsp3) is 0.310. The van der Waals surface area contributed by atoms with Crippen LogP contribution in [0.4, 0.5) is 26.2 Å². The van der Waals surface area contributed by atoms with Crippen LogP contribution in [0.3, 0.4) is 0 Å². The summed E-state index contributed by atoms with van der Waals surface area (Å²) < 4.78 is 13.4. The monoisotopic (exact) mass is 520 g/mol. The fourth-order valence-corrected chi connectivity index (χ4v) is 5.33. The van der Waals surface area contributed by atoms with Gasteiger partial charge < -0.3 is 20.9 Å². The number of nitrogens with one attached hydrogen (secondary N) is 3. The number of halogens is 2. The first-order chi connectivity index (χ1) is 18.0. The van der Waals surface area contributed by atoms with Crippen LogP contribution in [0.2, 0.25) is 5.02 Å². The van der Waals surface area contributed by atoms with Crippen LogP contribution in [-0.2, 0) is 13.0 Å². The van der Waals surface area contributed by atoms with E-state index in [4.69, 9.17) is 11.6 Å². The van der Waals surface area contributed by atoms with E-state index in [9.17, 15) is 14.0 Å². The maximum atomic E-state index is 13.5. The molecule has 3 amide bonds. The van der Waals surface area contributed by atoms with Crippen LogP contribution in [0.15, 0.2) is 60.7 Å². The molecule has 0 bridgehead atoms. The quantitative estimate of drug-likeness (QED) is 0.348. The summed E-state index contributed by atoms with van der Waals surface area (Å²) in [5.41, 5.74) is 4.82. The number of nitrogens with zero attached hydrogens (tertiary/aromatic N) is 1. The Morgan fingerprint density at radius 3 is 2.35 bits per heavy atom. The number of carbonyl (C=O) groups excluding carboxylic acids is 2. The fourth-order valence-electron chi connectivity index (χ4n) is 5.15. The molecule has 1 fully saturated rings. The van der Waals surface area contributed by atoms with E-state index in [1.165, 1.54) is 35.7 Å². The first kappa shape index (κ1) is 25.1. The normalized spacial score (nSPS) is 15.6. The van der Waals surface area contributed by atoms with Crippen molar-refractivity contribution in [3.8, 4) is 0 Å². The predicted molar refractivity (Wildman–Crippen MR) is 146 cm³/mol. The number of anilines is 3. The molecule has 0 radical (unpaired) electrons. The molecule has 1 saturated carbocycles. The number of benzene rings is 3. The van der Waals surface area contributed by atoms with Gasteiger partial charge in [-0.2, -0.15) is 0 Å². The molecule has 0 spiro atoms. The first-order valence-electron chi connectivity index (χ1n) is 12.8. The molecule has 1 heterocycles. The highest BCUT2D eigenvalue weighted by molar-refractivity contribution is 6.31. The van der Waals surface area contributed by atoms with Crippen molar-refractivity contribution in [2.45, 2.75) is 51.1 Å². The van der Waals surface area contributed by atoms with Gasteiger partial charge in [0.25, 0.3) is 5.91 Å². The summed E-state index contributed by atoms with van der Waals surface area (Å²) >= 11 is 5.82. The van der Waals surface area contributed by atoms with Crippen LogP contribution in [0.5, 0.6) is 0 Å². The maximum absolute atomic E-state index is 13.5. The molecular formula is C29H30ClFN4O2. The molecule has 2 aliphatic rings. The van der Waals surface area contributed by atoms with Crippen LogP contribution >= 0.6 is 11.6 Å². The lowest BCUT2D eigenvalue weighted by atomic mass is 9.95. The molecule has 3 N–H and O–H groups in total. The highest BCUT2D eigenvalue weighted by Gasteiger charge is 2.24. The summed E-state index contributed by atoms with van der Waals surface area (Å²) in [6, 6.07) is 17.4. The van der Waals surface area contributed by atoms with Crippen LogP contribution in [0.1, 0.15) is 53.6 Å². The van der Waals surface area contributed by atoms with E-state index in [2.05, 4.69) is 39.0 Å². The first-order valence-corrected chi connectivity index (χ1v) is 13.1. The lowest BCUT2D eigenvalue weighted by molar-refractivity contribution is 0.0928. The Morgan fingerprint density at radius 2 is 1.59 bits per heavy atom. The van der Waals surface area contributed by atoms with E-state index < -0.39 is 11.8 Å². The van der Waals surface area contributed by atoms with Gasteiger partial charge >= 0.3 is 6.03 Å². The number of hydrogen-bond acceptors (Lipinski definition) is 3. The van der Waals surface area contributed by atoms with Gasteiger partial charge in [0, 0.05) is 36.2 Å². The molecule has 192 valence electrons. The molecule has 6 nitrogen and oxygen atoms in total. The van der Waals surface area contributed by atoms with Crippen molar-refractivity contribution in [3.05, 3.63) is 88.2 Å². The number of amides is 3. The van der Waals surface area contributed by atoms with Crippen molar-refractivity contribution in [2.24, 2.45) is 0 Å². The van der Waals surface area contributed by atoms with Gasteiger partial charge in [0.1, 0.15) is 5.82 Å². The van der Waals surface area contributed by atoms with Crippen molar-refractivity contribution in [1.82, 2.24) is 5.32 Å². The maximum Gasteiger partial charge on any atom is 0.323 e. The second-order valence-corrected chi connectivity index (χ2v) is 10.1. The second kappa shape index (κ2) is 11.2. The molecule has 0 aromatic heterocycles. The summed E-state index contributed by atoms with van der Waals surface area (Å²) in [5, 5.41) is 8.58. The van der Waals surface area contributed by atoms with Crippen LogP contribution in [0, 0.1) is 5.82 Å². The van der Waals surface area contributed by atoms with E-state index in [0.29, 0.717) is 16.9 Å². The van der Waals surface area contributed by atoms with E-state index in [0.717, 1.165) is 50.9 Å².